The molecule has 0 fully saturated rings. The van der Waals surface area contributed by atoms with Gasteiger partial charge in [-0.2, -0.15) is 0 Å². The van der Waals surface area contributed by atoms with Crippen LogP contribution in [-0.4, -0.2) is 16.3 Å². The largest absolute Gasteiger partial charge is 0.506 e. The number of nitrogens with two attached hydrogens (primary N) is 1. The lowest BCUT2D eigenvalue weighted by Gasteiger charge is -2.16. The second-order valence-corrected chi connectivity index (χ2v) is 3.35. The van der Waals surface area contributed by atoms with Crippen molar-refractivity contribution >= 4 is 11.6 Å². The summed E-state index contributed by atoms with van der Waals surface area (Å²) in [5.41, 5.74) is 6.10. The lowest BCUT2D eigenvalue weighted by atomic mass is 10.0. The lowest BCUT2D eigenvalue weighted by molar-refractivity contribution is 0.163. The Bertz CT molecular complexity index is 302. The molecule has 0 saturated heterocycles. The SMILES string of the molecule is CC(O)C(N)c1cccc(Cl)c1O. The monoisotopic (exact) mass is 201 g/mol. The van der Waals surface area contributed by atoms with Crippen molar-refractivity contribution in [1.29, 1.82) is 0 Å². The van der Waals surface area contributed by atoms with Crippen molar-refractivity contribution in [3.63, 3.8) is 0 Å². The predicted octanol–water partition coefficient (Wildman–Crippen LogP) is 1.43. The molecule has 0 aliphatic carbocycles. The lowest BCUT2D eigenvalue weighted by Crippen LogP contribution is -2.23. The fourth-order valence-corrected chi connectivity index (χ4v) is 1.24. The number of aliphatic hydroxyl groups is 1. The molecule has 1 rings (SSSR count). The highest BCUT2D eigenvalue weighted by atomic mass is 35.5. The molecule has 0 saturated carbocycles. The van der Waals surface area contributed by atoms with Gasteiger partial charge in [0, 0.05) is 5.56 Å². The second-order valence-electron chi connectivity index (χ2n) is 2.94. The van der Waals surface area contributed by atoms with Crippen LogP contribution in [0.15, 0.2) is 18.2 Å². The summed E-state index contributed by atoms with van der Waals surface area (Å²) in [6.45, 7) is 1.56. The van der Waals surface area contributed by atoms with Gasteiger partial charge in [0.25, 0.3) is 0 Å². The van der Waals surface area contributed by atoms with E-state index in [4.69, 9.17) is 17.3 Å². The van der Waals surface area contributed by atoms with Crippen molar-refractivity contribution in [3.8, 4) is 5.75 Å². The molecular weight excluding hydrogens is 190 g/mol. The fraction of sp³-hybridized carbons (Fsp3) is 0.333. The molecule has 0 heterocycles. The summed E-state index contributed by atoms with van der Waals surface area (Å²) in [4.78, 5) is 0. The van der Waals surface area contributed by atoms with Crippen LogP contribution in [0.3, 0.4) is 0 Å². The predicted molar refractivity (Wildman–Crippen MR) is 51.7 cm³/mol. The van der Waals surface area contributed by atoms with Crippen molar-refractivity contribution in [2.75, 3.05) is 0 Å². The molecule has 0 aliphatic heterocycles. The zero-order valence-electron chi connectivity index (χ0n) is 7.24. The van der Waals surface area contributed by atoms with Crippen LogP contribution in [-0.2, 0) is 0 Å². The maximum atomic E-state index is 9.49. The van der Waals surface area contributed by atoms with Gasteiger partial charge in [-0.25, -0.2) is 0 Å². The summed E-state index contributed by atoms with van der Waals surface area (Å²) in [5.74, 6) is -0.0578. The zero-order valence-corrected chi connectivity index (χ0v) is 7.99. The topological polar surface area (TPSA) is 66.5 Å². The number of benzene rings is 1. The zero-order chi connectivity index (χ0) is 10.0. The molecule has 2 atom stereocenters. The summed E-state index contributed by atoms with van der Waals surface area (Å²) in [6.07, 6.45) is -0.718. The molecule has 4 N–H and O–H groups in total. The number of rotatable bonds is 2. The van der Waals surface area contributed by atoms with Gasteiger partial charge in [-0.1, -0.05) is 23.7 Å². The van der Waals surface area contributed by atoms with Gasteiger partial charge >= 0.3 is 0 Å². The number of aliphatic hydroxyl groups excluding tert-OH is 1. The second kappa shape index (κ2) is 3.96. The Kier molecular flexibility index (Phi) is 3.14. The smallest absolute Gasteiger partial charge is 0.139 e. The van der Waals surface area contributed by atoms with Gasteiger partial charge in [0.15, 0.2) is 0 Å². The van der Waals surface area contributed by atoms with Crippen molar-refractivity contribution in [1.82, 2.24) is 0 Å². The Labute approximate surface area is 81.8 Å². The Morgan fingerprint density at radius 2 is 2.08 bits per heavy atom. The highest BCUT2D eigenvalue weighted by Gasteiger charge is 2.16. The van der Waals surface area contributed by atoms with E-state index in [0.29, 0.717) is 5.56 Å². The third-order valence-electron chi connectivity index (χ3n) is 1.90. The highest BCUT2D eigenvalue weighted by Crippen LogP contribution is 2.31. The van der Waals surface area contributed by atoms with E-state index >= 15 is 0 Å². The van der Waals surface area contributed by atoms with Crippen LogP contribution in [0.2, 0.25) is 5.02 Å². The van der Waals surface area contributed by atoms with Gasteiger partial charge in [0.2, 0.25) is 0 Å². The fourth-order valence-electron chi connectivity index (χ4n) is 1.06. The molecule has 0 aromatic heterocycles. The van der Waals surface area contributed by atoms with Gasteiger partial charge < -0.3 is 15.9 Å². The third-order valence-corrected chi connectivity index (χ3v) is 2.20. The molecule has 2 unspecified atom stereocenters. The summed E-state index contributed by atoms with van der Waals surface area (Å²) in [7, 11) is 0. The number of para-hydroxylation sites is 1. The van der Waals surface area contributed by atoms with Crippen LogP contribution < -0.4 is 5.73 Å². The number of aromatic hydroxyl groups is 1. The molecule has 0 bridgehead atoms. The standard InChI is InChI=1S/C9H12ClNO2/c1-5(12)8(11)6-3-2-4-7(10)9(6)13/h2-5,8,12-13H,11H2,1H3. The Balaban J connectivity index is 3.07. The van der Waals surface area contributed by atoms with Gasteiger partial charge in [0.1, 0.15) is 5.75 Å². The van der Waals surface area contributed by atoms with Crippen LogP contribution in [0.4, 0.5) is 0 Å². The highest BCUT2D eigenvalue weighted by molar-refractivity contribution is 6.32. The summed E-state index contributed by atoms with van der Waals surface area (Å²) in [6, 6.07) is 4.27. The Morgan fingerprint density at radius 1 is 1.46 bits per heavy atom. The van der Waals surface area contributed by atoms with E-state index in [1.807, 2.05) is 0 Å². The summed E-state index contributed by atoms with van der Waals surface area (Å²) < 4.78 is 0. The Morgan fingerprint density at radius 3 is 2.62 bits per heavy atom. The van der Waals surface area contributed by atoms with Gasteiger partial charge in [0.05, 0.1) is 17.2 Å². The van der Waals surface area contributed by atoms with E-state index in [0.717, 1.165) is 0 Å². The number of phenols is 1. The molecule has 3 nitrogen and oxygen atoms in total. The van der Waals surface area contributed by atoms with E-state index < -0.39 is 12.1 Å². The van der Waals surface area contributed by atoms with Crippen LogP contribution in [0.5, 0.6) is 5.75 Å². The van der Waals surface area contributed by atoms with Crippen LogP contribution in [0.25, 0.3) is 0 Å². The molecule has 13 heavy (non-hydrogen) atoms. The number of phenolic OH excluding ortho intramolecular Hbond substituents is 1. The number of hydrogen-bond donors (Lipinski definition) is 3. The van der Waals surface area contributed by atoms with Crippen molar-refractivity contribution in [2.24, 2.45) is 5.73 Å². The molecule has 0 aliphatic rings. The first-order chi connectivity index (χ1) is 6.04. The van der Waals surface area contributed by atoms with Crippen LogP contribution in [0, 0.1) is 0 Å². The van der Waals surface area contributed by atoms with Crippen LogP contribution >= 0.6 is 11.6 Å². The first-order valence-electron chi connectivity index (χ1n) is 3.95. The van der Waals surface area contributed by atoms with E-state index in [1.165, 1.54) is 0 Å². The molecule has 0 spiro atoms. The molecule has 4 heteroatoms. The molecule has 0 radical (unpaired) electrons. The first-order valence-corrected chi connectivity index (χ1v) is 4.33. The third kappa shape index (κ3) is 2.12. The van der Waals surface area contributed by atoms with E-state index in [1.54, 1.807) is 25.1 Å². The normalized spacial score (nSPS) is 15.4. The van der Waals surface area contributed by atoms with E-state index in [2.05, 4.69) is 0 Å². The van der Waals surface area contributed by atoms with Gasteiger partial charge in [-0.15, -0.1) is 0 Å². The molecule has 1 aromatic carbocycles. The minimum Gasteiger partial charge on any atom is -0.506 e. The minimum atomic E-state index is -0.718. The maximum absolute atomic E-state index is 9.49. The van der Waals surface area contributed by atoms with Crippen molar-refractivity contribution < 1.29 is 10.2 Å². The van der Waals surface area contributed by atoms with Gasteiger partial charge in [-0.3, -0.25) is 0 Å². The average Bonchev–Trinajstić information content (AvgIpc) is 2.08. The molecule has 1 aromatic rings. The van der Waals surface area contributed by atoms with Crippen LogP contribution in [0.1, 0.15) is 18.5 Å². The van der Waals surface area contributed by atoms with E-state index in [9.17, 15) is 10.2 Å². The molecular formula is C9H12ClNO2. The average molecular weight is 202 g/mol. The molecule has 72 valence electrons. The van der Waals surface area contributed by atoms with Gasteiger partial charge in [-0.05, 0) is 13.0 Å². The van der Waals surface area contributed by atoms with E-state index in [-0.39, 0.29) is 10.8 Å². The summed E-state index contributed by atoms with van der Waals surface area (Å²) in [5, 5.41) is 18.9. The number of halogens is 1. The maximum Gasteiger partial charge on any atom is 0.139 e. The van der Waals surface area contributed by atoms with Crippen molar-refractivity contribution in [3.05, 3.63) is 28.8 Å². The number of hydrogen-bond acceptors (Lipinski definition) is 3. The van der Waals surface area contributed by atoms with Crippen molar-refractivity contribution in [2.45, 2.75) is 19.1 Å². The quantitative estimate of drug-likeness (QED) is 0.678. The summed E-state index contributed by atoms with van der Waals surface area (Å²) >= 11 is 5.68. The first kappa shape index (κ1) is 10.3. The molecule has 0 amide bonds. The minimum absolute atomic E-state index is 0.0578. The Hall–Kier alpha value is -0.770.